The van der Waals surface area contributed by atoms with Crippen molar-refractivity contribution in [2.24, 2.45) is 0 Å². The number of phenolic OH excluding ortho intramolecular Hbond substituents is 3. The Morgan fingerprint density at radius 3 is 2.16 bits per heavy atom. The van der Waals surface area contributed by atoms with Gasteiger partial charge in [0.1, 0.15) is 17.2 Å². The molecule has 0 aliphatic carbocycles. The third-order valence-corrected chi connectivity index (χ3v) is 2.63. The number of phenols is 3. The molecule has 0 bridgehead atoms. The Labute approximate surface area is 110 Å². The summed E-state index contributed by atoms with van der Waals surface area (Å²) in [5, 5.41) is 26.8. The van der Waals surface area contributed by atoms with Crippen LogP contribution in [0.5, 0.6) is 28.7 Å². The number of benzene rings is 2. The minimum atomic E-state index is 0.134. The Kier molecular flexibility index (Phi) is 3.66. The molecule has 1 heterocycles. The Morgan fingerprint density at radius 1 is 0.895 bits per heavy atom. The second-order valence-corrected chi connectivity index (χ2v) is 3.96. The third-order valence-electron chi connectivity index (χ3n) is 2.63. The van der Waals surface area contributed by atoms with Gasteiger partial charge in [-0.3, -0.25) is 0 Å². The van der Waals surface area contributed by atoms with E-state index in [0.29, 0.717) is 17.1 Å². The molecule has 0 spiro atoms. The second-order valence-electron chi connectivity index (χ2n) is 3.96. The highest BCUT2D eigenvalue weighted by atomic mass is 16.7. The van der Waals surface area contributed by atoms with Gasteiger partial charge in [-0.1, -0.05) is 6.07 Å². The zero-order valence-electron chi connectivity index (χ0n) is 10.3. The van der Waals surface area contributed by atoms with Crippen LogP contribution in [-0.2, 0) is 0 Å². The molecule has 0 saturated carbocycles. The Morgan fingerprint density at radius 2 is 1.53 bits per heavy atom. The van der Waals surface area contributed by atoms with Crippen molar-refractivity contribution >= 4 is 0 Å². The third kappa shape index (κ3) is 3.01. The average Bonchev–Trinajstić information content (AvgIpc) is 2.84. The smallest absolute Gasteiger partial charge is 0.231 e. The molecule has 0 amide bonds. The van der Waals surface area contributed by atoms with Crippen molar-refractivity contribution in [3.63, 3.8) is 0 Å². The number of ether oxygens (including phenoxy) is 2. The van der Waals surface area contributed by atoms with Gasteiger partial charge < -0.3 is 24.8 Å². The van der Waals surface area contributed by atoms with E-state index in [2.05, 4.69) is 0 Å². The molecular formula is C14H14O5. The number of aromatic hydroxyl groups is 3. The lowest BCUT2D eigenvalue weighted by Crippen LogP contribution is -1.92. The molecular weight excluding hydrogens is 248 g/mol. The molecule has 0 radical (unpaired) electrons. The number of rotatable bonds is 0. The first kappa shape index (κ1) is 12.9. The molecule has 5 heteroatoms. The highest BCUT2D eigenvalue weighted by molar-refractivity contribution is 5.46. The van der Waals surface area contributed by atoms with E-state index in [-0.39, 0.29) is 24.0 Å². The number of hydrogen-bond acceptors (Lipinski definition) is 5. The van der Waals surface area contributed by atoms with Gasteiger partial charge in [0, 0.05) is 11.6 Å². The Balaban J connectivity index is 0.000000141. The van der Waals surface area contributed by atoms with Crippen LogP contribution in [0, 0.1) is 6.92 Å². The van der Waals surface area contributed by atoms with Crippen molar-refractivity contribution in [1.82, 2.24) is 0 Å². The van der Waals surface area contributed by atoms with E-state index in [1.807, 2.05) is 0 Å². The minimum Gasteiger partial charge on any atom is -0.508 e. The van der Waals surface area contributed by atoms with E-state index < -0.39 is 0 Å². The molecule has 1 aliphatic rings. The van der Waals surface area contributed by atoms with Gasteiger partial charge in [-0.25, -0.2) is 0 Å². The van der Waals surface area contributed by atoms with Gasteiger partial charge in [0.25, 0.3) is 0 Å². The fraction of sp³-hybridized carbons (Fsp3) is 0.143. The molecule has 0 atom stereocenters. The summed E-state index contributed by atoms with van der Waals surface area (Å²) in [7, 11) is 0. The van der Waals surface area contributed by atoms with E-state index in [9.17, 15) is 0 Å². The summed E-state index contributed by atoms with van der Waals surface area (Å²) in [5.41, 5.74) is 0.525. The summed E-state index contributed by atoms with van der Waals surface area (Å²) in [6.45, 7) is 1.91. The first-order valence-corrected chi connectivity index (χ1v) is 5.64. The molecule has 3 N–H and O–H groups in total. The predicted octanol–water partition coefficient (Wildman–Crippen LogP) is 2.53. The normalized spacial score (nSPS) is 11.6. The maximum atomic E-state index is 8.96. The van der Waals surface area contributed by atoms with Crippen LogP contribution in [0.25, 0.3) is 0 Å². The summed E-state index contributed by atoms with van der Waals surface area (Å²) < 4.78 is 10.0. The maximum Gasteiger partial charge on any atom is 0.231 e. The fourth-order valence-corrected chi connectivity index (χ4v) is 1.50. The van der Waals surface area contributed by atoms with Crippen LogP contribution >= 0.6 is 0 Å². The van der Waals surface area contributed by atoms with E-state index in [0.717, 1.165) is 0 Å². The van der Waals surface area contributed by atoms with Gasteiger partial charge in [0.05, 0.1) is 0 Å². The van der Waals surface area contributed by atoms with Crippen molar-refractivity contribution in [3.8, 4) is 28.7 Å². The molecule has 100 valence electrons. The largest absolute Gasteiger partial charge is 0.508 e. The zero-order chi connectivity index (χ0) is 13.8. The average molecular weight is 262 g/mol. The Bertz CT molecular complexity index is 560. The van der Waals surface area contributed by atoms with Crippen molar-refractivity contribution in [3.05, 3.63) is 42.0 Å². The van der Waals surface area contributed by atoms with Gasteiger partial charge in [-0.05, 0) is 31.2 Å². The van der Waals surface area contributed by atoms with Crippen molar-refractivity contribution in [1.29, 1.82) is 0 Å². The van der Waals surface area contributed by atoms with Gasteiger partial charge >= 0.3 is 0 Å². The van der Waals surface area contributed by atoms with E-state index in [1.54, 1.807) is 25.1 Å². The number of fused-ring (bicyclic) bond motifs is 1. The second kappa shape index (κ2) is 5.39. The monoisotopic (exact) mass is 262 g/mol. The Hall–Kier alpha value is -2.56. The summed E-state index contributed by atoms with van der Waals surface area (Å²) >= 11 is 0. The van der Waals surface area contributed by atoms with Crippen LogP contribution in [0.1, 0.15) is 5.56 Å². The highest BCUT2D eigenvalue weighted by Crippen LogP contribution is 2.34. The van der Waals surface area contributed by atoms with Crippen LogP contribution in [0.15, 0.2) is 36.4 Å². The first-order chi connectivity index (χ1) is 9.08. The van der Waals surface area contributed by atoms with Crippen LogP contribution in [0.2, 0.25) is 0 Å². The standard InChI is InChI=1S/C7H6O3.C7H8O2/c8-5-1-2-6-7(3-5)10-4-9-6;1-5-6(8)3-2-4-7(5)9/h1-3,8H,4H2;2-4,8-9H,1H3. The molecule has 19 heavy (non-hydrogen) atoms. The molecule has 5 nitrogen and oxygen atoms in total. The van der Waals surface area contributed by atoms with E-state index in [1.165, 1.54) is 18.2 Å². The molecule has 2 aromatic carbocycles. The van der Waals surface area contributed by atoms with E-state index in [4.69, 9.17) is 24.8 Å². The van der Waals surface area contributed by atoms with Crippen molar-refractivity contribution < 1.29 is 24.8 Å². The summed E-state index contributed by atoms with van der Waals surface area (Å²) in [4.78, 5) is 0. The SMILES string of the molecule is Cc1c(O)cccc1O.Oc1ccc2c(c1)OCO2. The van der Waals surface area contributed by atoms with Crippen LogP contribution in [-0.4, -0.2) is 22.1 Å². The summed E-state index contributed by atoms with van der Waals surface area (Å²) in [6.07, 6.45) is 0. The van der Waals surface area contributed by atoms with Crippen LogP contribution in [0.3, 0.4) is 0 Å². The lowest BCUT2D eigenvalue weighted by atomic mass is 10.2. The molecule has 0 aromatic heterocycles. The van der Waals surface area contributed by atoms with Crippen molar-refractivity contribution in [2.75, 3.05) is 6.79 Å². The molecule has 0 unspecified atom stereocenters. The van der Waals surface area contributed by atoms with Crippen LogP contribution in [0.4, 0.5) is 0 Å². The van der Waals surface area contributed by atoms with Gasteiger partial charge in [0.2, 0.25) is 6.79 Å². The first-order valence-electron chi connectivity index (χ1n) is 5.64. The van der Waals surface area contributed by atoms with Crippen LogP contribution < -0.4 is 9.47 Å². The quantitative estimate of drug-likeness (QED) is 0.680. The van der Waals surface area contributed by atoms with Gasteiger partial charge in [0.15, 0.2) is 11.5 Å². The maximum absolute atomic E-state index is 8.96. The number of hydrogen-bond donors (Lipinski definition) is 3. The predicted molar refractivity (Wildman–Crippen MR) is 68.7 cm³/mol. The zero-order valence-corrected chi connectivity index (χ0v) is 10.3. The highest BCUT2D eigenvalue weighted by Gasteiger charge is 2.12. The molecule has 0 saturated heterocycles. The van der Waals surface area contributed by atoms with Gasteiger partial charge in [-0.2, -0.15) is 0 Å². The topological polar surface area (TPSA) is 79.2 Å². The molecule has 1 aliphatic heterocycles. The molecule has 2 aromatic rings. The summed E-state index contributed by atoms with van der Waals surface area (Å²) in [5.74, 6) is 1.77. The lowest BCUT2D eigenvalue weighted by molar-refractivity contribution is 0.174. The lowest BCUT2D eigenvalue weighted by Gasteiger charge is -1.98. The van der Waals surface area contributed by atoms with Gasteiger partial charge in [-0.15, -0.1) is 0 Å². The minimum absolute atomic E-state index is 0.134. The molecule has 0 fully saturated rings. The van der Waals surface area contributed by atoms with Crippen molar-refractivity contribution in [2.45, 2.75) is 6.92 Å². The summed E-state index contributed by atoms with van der Waals surface area (Å²) in [6, 6.07) is 9.44. The fourth-order valence-electron chi connectivity index (χ4n) is 1.50. The van der Waals surface area contributed by atoms with E-state index >= 15 is 0 Å². The molecule has 3 rings (SSSR count).